The van der Waals surface area contributed by atoms with Crippen LogP contribution in [0.3, 0.4) is 0 Å². The fourth-order valence-electron chi connectivity index (χ4n) is 2.25. The third-order valence-corrected chi connectivity index (χ3v) is 3.96. The van der Waals surface area contributed by atoms with Crippen LogP contribution in [0.25, 0.3) is 0 Å². The minimum absolute atomic E-state index is 0.0126. The summed E-state index contributed by atoms with van der Waals surface area (Å²) in [6, 6.07) is 18.6. The number of aliphatic hydroxyl groups excluding tert-OH is 1. The Labute approximate surface area is 133 Å². The standard InChI is InChI=1S/C17H17IO2/c18-12-11-15(16(19)13-7-3-1-4-8-13)17(20)14-9-5-2-6-10-14/h1-10,15-16,19H,11-12H2/t15-,16+/m1/s1. The predicted octanol–water partition coefficient (Wildman–Crippen LogP) is 4.04. The number of hydrogen-bond donors (Lipinski definition) is 1. The van der Waals surface area contributed by atoms with E-state index in [4.69, 9.17) is 0 Å². The molecule has 0 aliphatic rings. The molecule has 0 bridgehead atoms. The number of carbonyl (C=O) groups excluding carboxylic acids is 1. The van der Waals surface area contributed by atoms with Crippen LogP contribution in [0.2, 0.25) is 0 Å². The molecule has 2 atom stereocenters. The zero-order chi connectivity index (χ0) is 14.4. The Hall–Kier alpha value is -1.20. The third-order valence-electron chi connectivity index (χ3n) is 3.34. The van der Waals surface area contributed by atoms with Gasteiger partial charge >= 0.3 is 0 Å². The molecule has 2 nitrogen and oxygen atoms in total. The lowest BCUT2D eigenvalue weighted by Crippen LogP contribution is -2.23. The average molecular weight is 380 g/mol. The van der Waals surface area contributed by atoms with Crippen molar-refractivity contribution in [2.45, 2.75) is 12.5 Å². The van der Waals surface area contributed by atoms with Crippen LogP contribution in [-0.4, -0.2) is 15.3 Å². The molecule has 0 saturated heterocycles. The summed E-state index contributed by atoms with van der Waals surface area (Å²) in [5.41, 5.74) is 1.46. The van der Waals surface area contributed by atoms with Crippen LogP contribution in [0.4, 0.5) is 0 Å². The lowest BCUT2D eigenvalue weighted by Gasteiger charge is -2.21. The molecule has 0 amide bonds. The second kappa shape index (κ2) is 7.55. The van der Waals surface area contributed by atoms with Crippen LogP contribution >= 0.6 is 22.6 Å². The molecule has 2 aromatic carbocycles. The second-order valence-corrected chi connectivity index (χ2v) is 5.75. The summed E-state index contributed by atoms with van der Waals surface area (Å²) in [6.45, 7) is 0. The van der Waals surface area contributed by atoms with Gasteiger partial charge in [0.05, 0.1) is 12.0 Å². The first kappa shape index (κ1) is 15.2. The van der Waals surface area contributed by atoms with E-state index in [1.807, 2.05) is 48.5 Å². The maximum Gasteiger partial charge on any atom is 0.168 e. The Morgan fingerprint density at radius 3 is 2.10 bits per heavy atom. The van der Waals surface area contributed by atoms with Crippen molar-refractivity contribution in [1.29, 1.82) is 0 Å². The largest absolute Gasteiger partial charge is 0.388 e. The van der Waals surface area contributed by atoms with Gasteiger partial charge in [-0.15, -0.1) is 0 Å². The average Bonchev–Trinajstić information content (AvgIpc) is 2.53. The van der Waals surface area contributed by atoms with Crippen molar-refractivity contribution in [3.05, 3.63) is 71.8 Å². The van der Waals surface area contributed by atoms with Gasteiger partial charge in [0.1, 0.15) is 0 Å². The normalized spacial score (nSPS) is 13.7. The lowest BCUT2D eigenvalue weighted by molar-refractivity contribution is 0.0671. The highest BCUT2D eigenvalue weighted by Gasteiger charge is 2.28. The zero-order valence-corrected chi connectivity index (χ0v) is 13.2. The number of halogens is 1. The summed E-state index contributed by atoms with van der Waals surface area (Å²) in [7, 11) is 0. The van der Waals surface area contributed by atoms with Gasteiger partial charge in [-0.1, -0.05) is 83.3 Å². The van der Waals surface area contributed by atoms with Crippen molar-refractivity contribution in [3.8, 4) is 0 Å². The molecule has 20 heavy (non-hydrogen) atoms. The molecule has 2 aromatic rings. The summed E-state index contributed by atoms with van der Waals surface area (Å²) < 4.78 is 0.838. The van der Waals surface area contributed by atoms with Crippen molar-refractivity contribution < 1.29 is 9.90 Å². The smallest absolute Gasteiger partial charge is 0.168 e. The molecule has 0 radical (unpaired) electrons. The van der Waals surface area contributed by atoms with Crippen molar-refractivity contribution in [2.75, 3.05) is 4.43 Å². The Bertz CT molecular complexity index is 539. The molecule has 0 unspecified atom stereocenters. The second-order valence-electron chi connectivity index (χ2n) is 4.67. The van der Waals surface area contributed by atoms with E-state index in [-0.39, 0.29) is 5.78 Å². The predicted molar refractivity (Wildman–Crippen MR) is 89.2 cm³/mol. The number of benzene rings is 2. The summed E-state index contributed by atoms with van der Waals surface area (Å²) in [6.07, 6.45) is -0.0802. The first-order valence-electron chi connectivity index (χ1n) is 6.62. The molecule has 0 aromatic heterocycles. The van der Waals surface area contributed by atoms with Crippen LogP contribution in [0.15, 0.2) is 60.7 Å². The van der Waals surface area contributed by atoms with Gasteiger partial charge in [-0.05, 0) is 12.0 Å². The molecule has 0 fully saturated rings. The molecule has 0 saturated carbocycles. The van der Waals surface area contributed by atoms with E-state index in [0.717, 1.165) is 9.99 Å². The number of carbonyl (C=O) groups is 1. The van der Waals surface area contributed by atoms with Gasteiger partial charge in [0.2, 0.25) is 0 Å². The van der Waals surface area contributed by atoms with Gasteiger partial charge in [-0.2, -0.15) is 0 Å². The molecule has 1 N–H and O–H groups in total. The number of rotatable bonds is 6. The highest BCUT2D eigenvalue weighted by molar-refractivity contribution is 14.1. The first-order valence-corrected chi connectivity index (χ1v) is 8.15. The summed E-state index contributed by atoms with van der Waals surface area (Å²) >= 11 is 2.24. The van der Waals surface area contributed by atoms with E-state index < -0.39 is 12.0 Å². The van der Waals surface area contributed by atoms with Gasteiger partial charge in [-0.3, -0.25) is 4.79 Å². The number of alkyl halides is 1. The zero-order valence-electron chi connectivity index (χ0n) is 11.1. The molecule has 104 valence electrons. The monoisotopic (exact) mass is 380 g/mol. The Morgan fingerprint density at radius 2 is 1.55 bits per heavy atom. The van der Waals surface area contributed by atoms with Crippen LogP contribution < -0.4 is 0 Å². The maximum absolute atomic E-state index is 12.6. The quantitative estimate of drug-likeness (QED) is 0.467. The molecular formula is C17H17IO2. The first-order chi connectivity index (χ1) is 9.74. The Kier molecular flexibility index (Phi) is 5.73. The summed E-state index contributed by atoms with van der Waals surface area (Å²) in [4.78, 5) is 12.6. The maximum atomic E-state index is 12.6. The molecular weight excluding hydrogens is 363 g/mol. The van der Waals surface area contributed by atoms with Crippen molar-refractivity contribution in [2.24, 2.45) is 5.92 Å². The summed E-state index contributed by atoms with van der Waals surface area (Å²) in [5.74, 6) is -0.379. The minimum Gasteiger partial charge on any atom is -0.388 e. The number of hydrogen-bond acceptors (Lipinski definition) is 2. The minimum atomic E-state index is -0.751. The summed E-state index contributed by atoms with van der Waals surface area (Å²) in [5, 5.41) is 10.5. The van der Waals surface area contributed by atoms with Gasteiger partial charge in [0.15, 0.2) is 5.78 Å². The molecule has 0 aliphatic heterocycles. The third kappa shape index (κ3) is 3.67. The van der Waals surface area contributed by atoms with Gasteiger partial charge < -0.3 is 5.11 Å². The fraction of sp³-hybridized carbons (Fsp3) is 0.235. The van der Waals surface area contributed by atoms with E-state index in [1.54, 1.807) is 12.1 Å². The number of ketones is 1. The van der Waals surface area contributed by atoms with Gasteiger partial charge in [0, 0.05) is 9.99 Å². The van der Waals surface area contributed by atoms with E-state index in [9.17, 15) is 9.90 Å². The van der Waals surface area contributed by atoms with E-state index in [2.05, 4.69) is 22.6 Å². The highest BCUT2D eigenvalue weighted by atomic mass is 127. The van der Waals surface area contributed by atoms with Crippen LogP contribution in [0.5, 0.6) is 0 Å². The van der Waals surface area contributed by atoms with Crippen LogP contribution in [0, 0.1) is 5.92 Å². The molecule has 0 spiro atoms. The fourth-order valence-corrected chi connectivity index (χ4v) is 2.92. The Balaban J connectivity index is 2.25. The molecule has 0 heterocycles. The molecule has 2 rings (SSSR count). The molecule has 0 aliphatic carbocycles. The van der Waals surface area contributed by atoms with E-state index >= 15 is 0 Å². The van der Waals surface area contributed by atoms with Crippen molar-refractivity contribution >= 4 is 28.4 Å². The number of aliphatic hydroxyl groups is 1. The topological polar surface area (TPSA) is 37.3 Å². The Morgan fingerprint density at radius 1 is 1.00 bits per heavy atom. The van der Waals surface area contributed by atoms with Crippen molar-refractivity contribution in [1.82, 2.24) is 0 Å². The van der Waals surface area contributed by atoms with E-state index in [1.165, 1.54) is 0 Å². The van der Waals surface area contributed by atoms with Gasteiger partial charge in [0.25, 0.3) is 0 Å². The van der Waals surface area contributed by atoms with Gasteiger partial charge in [-0.25, -0.2) is 0 Å². The van der Waals surface area contributed by atoms with Crippen molar-refractivity contribution in [3.63, 3.8) is 0 Å². The highest BCUT2D eigenvalue weighted by Crippen LogP contribution is 2.28. The van der Waals surface area contributed by atoms with Crippen LogP contribution in [-0.2, 0) is 0 Å². The number of Topliss-reactive ketones (excluding diaryl/α,β-unsaturated/α-hetero) is 1. The SMILES string of the molecule is O=C(c1ccccc1)[C@H](CCI)[C@@H](O)c1ccccc1. The lowest BCUT2D eigenvalue weighted by atomic mass is 9.87. The molecule has 3 heteroatoms. The van der Waals surface area contributed by atoms with Crippen LogP contribution in [0.1, 0.15) is 28.4 Å². The van der Waals surface area contributed by atoms with E-state index in [0.29, 0.717) is 12.0 Å².